The number of benzene rings is 1. The first-order valence-electron chi connectivity index (χ1n) is 6.89. The van der Waals surface area contributed by atoms with Gasteiger partial charge < -0.3 is 19.9 Å². The van der Waals surface area contributed by atoms with Crippen molar-refractivity contribution in [2.24, 2.45) is 0 Å². The fraction of sp³-hybridized carbons (Fsp3) is 0.600. The molecule has 2 N–H and O–H groups in total. The minimum Gasteiger partial charge on any atom is -0.493 e. The summed E-state index contributed by atoms with van der Waals surface area (Å²) in [7, 11) is 1.61. The van der Waals surface area contributed by atoms with Gasteiger partial charge in [0, 0.05) is 17.8 Å². The molecule has 4 nitrogen and oxygen atoms in total. The average Bonchev–Trinajstić information content (AvgIpc) is 3.26. The van der Waals surface area contributed by atoms with E-state index in [0.717, 1.165) is 6.54 Å². The van der Waals surface area contributed by atoms with E-state index < -0.39 is 6.10 Å². The number of rotatable bonds is 9. The Morgan fingerprint density at radius 3 is 2.65 bits per heavy atom. The zero-order valence-corrected chi connectivity index (χ0v) is 12.9. The van der Waals surface area contributed by atoms with Crippen molar-refractivity contribution in [2.45, 2.75) is 23.7 Å². The third-order valence-electron chi connectivity index (χ3n) is 3.57. The molecular weight excluding hydrogens is 274 g/mol. The molecule has 1 aliphatic carbocycles. The summed E-state index contributed by atoms with van der Waals surface area (Å²) in [6.45, 7) is 1.77. The second kappa shape index (κ2) is 7.20. The van der Waals surface area contributed by atoms with Crippen LogP contribution in [-0.2, 0) is 0 Å². The summed E-state index contributed by atoms with van der Waals surface area (Å²) >= 11 is 1.91. The number of ether oxygens (including phenoxy) is 2. The topological polar surface area (TPSA) is 50.7 Å². The van der Waals surface area contributed by atoms with Gasteiger partial charge in [0.2, 0.25) is 0 Å². The third-order valence-corrected chi connectivity index (χ3v) is 4.99. The lowest BCUT2D eigenvalue weighted by atomic mass is 10.3. The van der Waals surface area contributed by atoms with Crippen molar-refractivity contribution in [3.05, 3.63) is 24.3 Å². The second-order valence-corrected chi connectivity index (χ2v) is 6.41. The van der Waals surface area contributed by atoms with Crippen molar-refractivity contribution < 1.29 is 14.6 Å². The summed E-state index contributed by atoms with van der Waals surface area (Å²) < 4.78 is 11.2. The predicted octanol–water partition coefficient (Wildman–Crippen LogP) is 1.92. The maximum absolute atomic E-state index is 9.93. The minimum atomic E-state index is -0.516. The Balaban J connectivity index is 1.68. The Morgan fingerprint density at radius 1 is 1.35 bits per heavy atom. The van der Waals surface area contributed by atoms with Gasteiger partial charge in [-0.2, -0.15) is 11.8 Å². The minimum absolute atomic E-state index is 0.264. The first-order valence-corrected chi connectivity index (χ1v) is 8.11. The molecule has 112 valence electrons. The Kier molecular flexibility index (Phi) is 5.57. The third kappa shape index (κ3) is 4.30. The number of methoxy groups -OCH3 is 1. The lowest BCUT2D eigenvalue weighted by Gasteiger charge is -2.17. The highest BCUT2D eigenvalue weighted by Crippen LogP contribution is 2.46. The molecule has 1 unspecified atom stereocenters. The van der Waals surface area contributed by atoms with Crippen LogP contribution in [0.3, 0.4) is 0 Å². The maximum atomic E-state index is 9.93. The standard InChI is InChI=1S/C15H23NO3S/c1-18-13-5-3-4-6-14(13)19-10-12(17)9-16-11-15(20-2)7-8-15/h3-6,12,16-17H,7-11H2,1-2H3. The number of para-hydroxylation sites is 2. The molecule has 0 radical (unpaired) electrons. The maximum Gasteiger partial charge on any atom is 0.161 e. The Morgan fingerprint density at radius 2 is 2.05 bits per heavy atom. The molecule has 1 saturated carbocycles. The van der Waals surface area contributed by atoms with Crippen molar-refractivity contribution in [3.8, 4) is 11.5 Å². The zero-order chi connectivity index (χ0) is 14.4. The highest BCUT2D eigenvalue weighted by Gasteiger charge is 2.41. The second-order valence-electron chi connectivity index (χ2n) is 5.13. The number of hydrogen-bond donors (Lipinski definition) is 2. The van der Waals surface area contributed by atoms with Crippen molar-refractivity contribution in [1.29, 1.82) is 0 Å². The van der Waals surface area contributed by atoms with Gasteiger partial charge in [0.15, 0.2) is 11.5 Å². The van der Waals surface area contributed by atoms with Gasteiger partial charge in [0.1, 0.15) is 12.7 Å². The predicted molar refractivity (Wildman–Crippen MR) is 82.8 cm³/mol. The lowest BCUT2D eigenvalue weighted by molar-refractivity contribution is 0.105. The number of thioether (sulfide) groups is 1. The van der Waals surface area contributed by atoms with Crippen molar-refractivity contribution in [1.82, 2.24) is 5.32 Å². The molecule has 20 heavy (non-hydrogen) atoms. The van der Waals surface area contributed by atoms with Gasteiger partial charge in [-0.05, 0) is 31.2 Å². The van der Waals surface area contributed by atoms with E-state index in [-0.39, 0.29) is 6.61 Å². The summed E-state index contributed by atoms with van der Waals surface area (Å²) in [4.78, 5) is 0. The first-order chi connectivity index (χ1) is 9.69. The van der Waals surface area contributed by atoms with Crippen LogP contribution in [0.25, 0.3) is 0 Å². The molecule has 1 aromatic rings. The van der Waals surface area contributed by atoms with Gasteiger partial charge in [-0.15, -0.1) is 0 Å². The van der Waals surface area contributed by atoms with E-state index in [1.54, 1.807) is 7.11 Å². The lowest BCUT2D eigenvalue weighted by Crippen LogP contribution is -2.35. The van der Waals surface area contributed by atoms with Crippen LogP contribution in [0.15, 0.2) is 24.3 Å². The van der Waals surface area contributed by atoms with Gasteiger partial charge in [-0.25, -0.2) is 0 Å². The van der Waals surface area contributed by atoms with Gasteiger partial charge in [0.05, 0.1) is 7.11 Å². The smallest absolute Gasteiger partial charge is 0.161 e. The molecule has 0 aromatic heterocycles. The summed E-state index contributed by atoms with van der Waals surface area (Å²) in [6, 6.07) is 7.46. The molecular formula is C15H23NO3S. The number of nitrogens with one attached hydrogen (secondary N) is 1. The van der Waals surface area contributed by atoms with E-state index in [4.69, 9.17) is 9.47 Å². The molecule has 5 heteroatoms. The molecule has 1 atom stereocenters. The quantitative estimate of drug-likeness (QED) is 0.729. The van der Waals surface area contributed by atoms with Crippen LogP contribution >= 0.6 is 11.8 Å². The fourth-order valence-electron chi connectivity index (χ4n) is 2.04. The molecule has 1 aromatic carbocycles. The van der Waals surface area contributed by atoms with E-state index in [0.29, 0.717) is 22.8 Å². The van der Waals surface area contributed by atoms with Gasteiger partial charge in [-0.1, -0.05) is 12.1 Å². The molecule has 0 amide bonds. The van der Waals surface area contributed by atoms with Crippen LogP contribution < -0.4 is 14.8 Å². The van der Waals surface area contributed by atoms with Gasteiger partial charge in [0.25, 0.3) is 0 Å². The Labute approximate surface area is 124 Å². The molecule has 0 aliphatic heterocycles. The van der Waals surface area contributed by atoms with Crippen LogP contribution in [-0.4, -0.2) is 49.0 Å². The Hall–Kier alpha value is -0.910. The van der Waals surface area contributed by atoms with Crippen LogP contribution in [0.5, 0.6) is 11.5 Å². The van der Waals surface area contributed by atoms with Gasteiger partial charge >= 0.3 is 0 Å². The van der Waals surface area contributed by atoms with E-state index in [1.165, 1.54) is 12.8 Å². The monoisotopic (exact) mass is 297 g/mol. The van der Waals surface area contributed by atoms with E-state index in [1.807, 2.05) is 36.0 Å². The first kappa shape index (κ1) is 15.5. The molecule has 1 fully saturated rings. The molecule has 2 rings (SSSR count). The van der Waals surface area contributed by atoms with Crippen LogP contribution in [0, 0.1) is 0 Å². The highest BCUT2D eigenvalue weighted by molar-refractivity contribution is 8.00. The number of aliphatic hydroxyl groups excluding tert-OH is 1. The molecule has 0 saturated heterocycles. The van der Waals surface area contributed by atoms with Crippen molar-refractivity contribution in [2.75, 3.05) is 33.1 Å². The average molecular weight is 297 g/mol. The van der Waals surface area contributed by atoms with E-state index in [2.05, 4.69) is 11.6 Å². The summed E-state index contributed by atoms with van der Waals surface area (Å²) in [5, 5.41) is 13.3. The molecule has 0 bridgehead atoms. The summed E-state index contributed by atoms with van der Waals surface area (Å²) in [5.74, 6) is 1.35. The van der Waals surface area contributed by atoms with E-state index in [9.17, 15) is 5.11 Å². The van der Waals surface area contributed by atoms with Gasteiger partial charge in [-0.3, -0.25) is 0 Å². The van der Waals surface area contributed by atoms with Crippen LogP contribution in [0.2, 0.25) is 0 Å². The number of hydrogen-bond acceptors (Lipinski definition) is 5. The Bertz CT molecular complexity index is 423. The summed E-state index contributed by atoms with van der Waals surface area (Å²) in [5.41, 5.74) is 0. The SMILES string of the molecule is COc1ccccc1OCC(O)CNCC1(SC)CC1. The molecule has 0 heterocycles. The van der Waals surface area contributed by atoms with Crippen LogP contribution in [0.1, 0.15) is 12.8 Å². The largest absolute Gasteiger partial charge is 0.493 e. The highest BCUT2D eigenvalue weighted by atomic mass is 32.2. The molecule has 0 spiro atoms. The van der Waals surface area contributed by atoms with E-state index >= 15 is 0 Å². The van der Waals surface area contributed by atoms with Crippen molar-refractivity contribution >= 4 is 11.8 Å². The molecule has 1 aliphatic rings. The summed E-state index contributed by atoms with van der Waals surface area (Å²) in [6.07, 6.45) is 4.18. The van der Waals surface area contributed by atoms with Crippen molar-refractivity contribution in [3.63, 3.8) is 0 Å². The zero-order valence-electron chi connectivity index (χ0n) is 12.1. The number of aliphatic hydroxyl groups is 1. The van der Waals surface area contributed by atoms with Crippen LogP contribution in [0.4, 0.5) is 0 Å². The fourth-order valence-corrected chi connectivity index (χ4v) is 2.80. The normalized spacial score (nSPS) is 17.6.